The lowest BCUT2D eigenvalue weighted by molar-refractivity contribution is -0.161. The first kappa shape index (κ1) is 82.1. The van der Waals surface area contributed by atoms with Gasteiger partial charge in [-0.15, -0.1) is 0 Å². The Morgan fingerprint density at radius 3 is 0.905 bits per heavy atom. The maximum atomic E-state index is 13.0. The highest BCUT2D eigenvalue weighted by molar-refractivity contribution is 7.47. The Morgan fingerprint density at radius 2 is 0.607 bits per heavy atom. The van der Waals surface area contributed by atoms with E-state index in [1.54, 1.807) is 0 Å². The molecule has 0 rings (SSSR count). The number of phosphoric ester groups is 2. The summed E-state index contributed by atoms with van der Waals surface area (Å²) in [6.07, 6.45) is 40.3. The fourth-order valence-electron chi connectivity index (χ4n) is 9.68. The molecule has 0 heterocycles. The molecule has 19 heteroatoms. The van der Waals surface area contributed by atoms with Gasteiger partial charge in [-0.3, -0.25) is 37.3 Å². The van der Waals surface area contributed by atoms with Gasteiger partial charge < -0.3 is 33.8 Å². The molecule has 0 aromatic heterocycles. The van der Waals surface area contributed by atoms with Gasteiger partial charge in [0.15, 0.2) is 12.2 Å². The van der Waals surface area contributed by atoms with Crippen LogP contribution in [0.4, 0.5) is 0 Å². The number of ether oxygens (including phenoxy) is 4. The number of aliphatic hydroxyl groups excluding tert-OH is 1. The van der Waals surface area contributed by atoms with E-state index in [9.17, 15) is 43.2 Å². The number of hydrogen-bond donors (Lipinski definition) is 3. The molecule has 0 spiro atoms. The van der Waals surface area contributed by atoms with Crippen molar-refractivity contribution in [2.24, 2.45) is 11.8 Å². The molecule has 0 aliphatic heterocycles. The number of hydrogen-bond acceptors (Lipinski definition) is 15. The summed E-state index contributed by atoms with van der Waals surface area (Å²) in [7, 11) is -9.89. The van der Waals surface area contributed by atoms with Crippen LogP contribution in [0.2, 0.25) is 0 Å². The molecule has 0 saturated heterocycles. The van der Waals surface area contributed by atoms with E-state index in [1.165, 1.54) is 141 Å². The van der Waals surface area contributed by atoms with Crippen molar-refractivity contribution in [2.45, 2.75) is 342 Å². The highest BCUT2D eigenvalue weighted by Gasteiger charge is 2.30. The lowest BCUT2D eigenvalue weighted by Crippen LogP contribution is -2.30. The summed E-state index contributed by atoms with van der Waals surface area (Å²) in [6.45, 7) is 9.42. The van der Waals surface area contributed by atoms with E-state index in [2.05, 4.69) is 41.5 Å². The van der Waals surface area contributed by atoms with Gasteiger partial charge in [0.2, 0.25) is 0 Å². The largest absolute Gasteiger partial charge is 0.472 e. The first-order valence-corrected chi connectivity index (χ1v) is 37.0. The lowest BCUT2D eigenvalue weighted by atomic mass is 9.99. The summed E-state index contributed by atoms with van der Waals surface area (Å²) in [5, 5.41) is 10.5. The van der Waals surface area contributed by atoms with Gasteiger partial charge in [-0.1, -0.05) is 273 Å². The third kappa shape index (κ3) is 57.8. The van der Waals surface area contributed by atoms with Gasteiger partial charge in [-0.05, 0) is 37.5 Å². The Labute approximate surface area is 511 Å². The summed E-state index contributed by atoms with van der Waals surface area (Å²) in [5.41, 5.74) is 0. The number of esters is 4. The van der Waals surface area contributed by atoms with E-state index in [1.807, 2.05) is 0 Å². The molecule has 0 bridgehead atoms. The molecule has 498 valence electrons. The van der Waals surface area contributed by atoms with Crippen molar-refractivity contribution in [3.63, 3.8) is 0 Å². The Morgan fingerprint density at radius 1 is 0.345 bits per heavy atom. The number of carbonyl (C=O) groups is 4. The summed E-state index contributed by atoms with van der Waals surface area (Å²) >= 11 is 0. The number of unbranched alkanes of at least 4 members (excludes halogenated alkanes) is 33. The van der Waals surface area contributed by atoms with Crippen molar-refractivity contribution in [1.82, 2.24) is 0 Å². The predicted octanol–water partition coefficient (Wildman–Crippen LogP) is 18.0. The van der Waals surface area contributed by atoms with E-state index in [0.717, 1.165) is 95.8 Å². The van der Waals surface area contributed by atoms with E-state index >= 15 is 0 Å². The van der Waals surface area contributed by atoms with Crippen LogP contribution in [0.5, 0.6) is 0 Å². The third-order valence-corrected chi connectivity index (χ3v) is 17.2. The number of rotatable bonds is 64. The highest BCUT2D eigenvalue weighted by atomic mass is 31.2. The Kier molecular flexibility index (Phi) is 56.2. The lowest BCUT2D eigenvalue weighted by Gasteiger charge is -2.21. The SMILES string of the molecule is CCCCCCCCCCCCCCC(=O)OC[C@H](COP(=O)(O)OC[C@@H](O)COP(=O)(O)OC[C@@H](COC(=O)CCCCCCCCCCC)OC(=O)CCCCCCCCC(C)C)OC(=O)CCCCCCCCCCCCC(C)CC. The van der Waals surface area contributed by atoms with Crippen LogP contribution in [0, 0.1) is 11.8 Å². The first-order chi connectivity index (χ1) is 40.4. The standard InChI is InChI=1S/C65H126O17P2/c1-7-10-12-14-16-18-19-20-25-29-36-42-48-63(68)76-53-60(81-64(69)49-43-37-30-26-22-21-24-27-34-40-46-58(6)9-3)55-79-83(71,72)77-51-59(66)52-78-84(73,74)80-56-61(82-65(70)50-44-38-32-31-33-39-45-57(4)5)54-75-62(67)47-41-35-28-23-17-15-13-11-8-2/h57-61,66H,7-56H2,1-6H3,(H,71,72)(H,73,74)/t58?,59-,60-,61-/m1/s1. The van der Waals surface area contributed by atoms with Crippen molar-refractivity contribution in [3.8, 4) is 0 Å². The Bertz CT molecular complexity index is 1650. The van der Waals surface area contributed by atoms with Gasteiger partial charge >= 0.3 is 39.5 Å². The second-order valence-electron chi connectivity index (χ2n) is 24.2. The molecule has 6 atom stereocenters. The summed E-state index contributed by atoms with van der Waals surface area (Å²) in [5.74, 6) is -0.663. The van der Waals surface area contributed by atoms with Gasteiger partial charge in [0.1, 0.15) is 19.3 Å². The van der Waals surface area contributed by atoms with E-state index in [0.29, 0.717) is 31.6 Å². The smallest absolute Gasteiger partial charge is 0.462 e. The van der Waals surface area contributed by atoms with E-state index < -0.39 is 97.5 Å². The monoisotopic (exact) mass is 1240 g/mol. The predicted molar refractivity (Wildman–Crippen MR) is 335 cm³/mol. The van der Waals surface area contributed by atoms with Crippen LogP contribution >= 0.6 is 15.6 Å². The molecule has 3 N–H and O–H groups in total. The minimum Gasteiger partial charge on any atom is -0.462 e. The van der Waals surface area contributed by atoms with Crippen LogP contribution < -0.4 is 0 Å². The molecular weight excluding hydrogens is 1110 g/mol. The van der Waals surface area contributed by atoms with Crippen molar-refractivity contribution in [1.29, 1.82) is 0 Å². The maximum absolute atomic E-state index is 13.0. The van der Waals surface area contributed by atoms with Crippen molar-refractivity contribution < 1.29 is 80.2 Å². The number of aliphatic hydroxyl groups is 1. The quantitative estimate of drug-likeness (QED) is 0.0222. The molecule has 17 nitrogen and oxygen atoms in total. The van der Waals surface area contributed by atoms with Crippen LogP contribution in [0.15, 0.2) is 0 Å². The van der Waals surface area contributed by atoms with Crippen LogP contribution in [-0.2, 0) is 65.4 Å². The van der Waals surface area contributed by atoms with Gasteiger partial charge in [0.25, 0.3) is 0 Å². The molecule has 0 aliphatic carbocycles. The van der Waals surface area contributed by atoms with Gasteiger partial charge in [-0.2, -0.15) is 0 Å². The summed E-state index contributed by atoms with van der Waals surface area (Å²) in [4.78, 5) is 72.2. The molecule has 0 fully saturated rings. The zero-order chi connectivity index (χ0) is 62.2. The summed E-state index contributed by atoms with van der Waals surface area (Å²) < 4.78 is 68.0. The van der Waals surface area contributed by atoms with Crippen molar-refractivity contribution >= 4 is 39.5 Å². The second kappa shape index (κ2) is 57.5. The molecule has 3 unspecified atom stereocenters. The molecular formula is C65H126O17P2. The zero-order valence-electron chi connectivity index (χ0n) is 54.2. The number of carbonyl (C=O) groups excluding carboxylic acids is 4. The Hall–Kier alpha value is -1.94. The molecule has 0 saturated carbocycles. The molecule has 0 aromatic rings. The molecule has 0 aliphatic rings. The maximum Gasteiger partial charge on any atom is 0.472 e. The first-order valence-electron chi connectivity index (χ1n) is 34.0. The molecule has 84 heavy (non-hydrogen) atoms. The minimum atomic E-state index is -4.95. The van der Waals surface area contributed by atoms with E-state index in [-0.39, 0.29) is 25.7 Å². The zero-order valence-corrected chi connectivity index (χ0v) is 56.0. The average molecular weight is 1240 g/mol. The van der Waals surface area contributed by atoms with Crippen LogP contribution in [0.3, 0.4) is 0 Å². The normalized spacial score (nSPS) is 14.6. The third-order valence-electron chi connectivity index (χ3n) is 15.3. The van der Waals surface area contributed by atoms with E-state index in [4.69, 9.17) is 37.0 Å². The topological polar surface area (TPSA) is 237 Å². The van der Waals surface area contributed by atoms with Crippen molar-refractivity contribution in [3.05, 3.63) is 0 Å². The molecule has 0 amide bonds. The Balaban J connectivity index is 5.24. The summed E-state index contributed by atoms with van der Waals surface area (Å²) in [6, 6.07) is 0. The second-order valence-corrected chi connectivity index (χ2v) is 27.1. The van der Waals surface area contributed by atoms with Gasteiger partial charge in [0, 0.05) is 25.7 Å². The fourth-order valence-corrected chi connectivity index (χ4v) is 11.3. The van der Waals surface area contributed by atoms with Gasteiger partial charge in [0.05, 0.1) is 26.4 Å². The highest BCUT2D eigenvalue weighted by Crippen LogP contribution is 2.45. The average Bonchev–Trinajstić information content (AvgIpc) is 3.60. The van der Waals surface area contributed by atoms with Crippen LogP contribution in [0.25, 0.3) is 0 Å². The van der Waals surface area contributed by atoms with Gasteiger partial charge in [-0.25, -0.2) is 9.13 Å². The number of phosphoric acid groups is 2. The minimum absolute atomic E-state index is 0.102. The van der Waals surface area contributed by atoms with Crippen molar-refractivity contribution in [2.75, 3.05) is 39.6 Å². The molecule has 0 radical (unpaired) electrons. The van der Waals surface area contributed by atoms with Crippen LogP contribution in [0.1, 0.15) is 324 Å². The van der Waals surface area contributed by atoms with Crippen LogP contribution in [-0.4, -0.2) is 96.7 Å². The fraction of sp³-hybridized carbons (Fsp3) is 0.938. The molecule has 0 aromatic carbocycles.